The molecule has 1 aliphatic heterocycles. The third-order valence-electron chi connectivity index (χ3n) is 4.15. The number of guanidine groups is 1. The van der Waals surface area contributed by atoms with E-state index >= 15 is 0 Å². The van der Waals surface area contributed by atoms with Crippen molar-refractivity contribution in [1.82, 2.24) is 9.88 Å². The summed E-state index contributed by atoms with van der Waals surface area (Å²) in [6.45, 7) is 5.68. The molecule has 0 aliphatic carbocycles. The standard InChI is InChI=1S/C17H23N5OS.HI/c1-13-3-2-4-14(11-13)15(23)12-20-16(18)21-6-8-22(9-7-21)17-19-5-10-24-17;/h2-5,10-11,15,23H,6-9,12H2,1H3,(H2,18,20);1H. The minimum absolute atomic E-state index is 0. The van der Waals surface area contributed by atoms with Crippen LogP contribution in [-0.4, -0.2) is 53.7 Å². The summed E-state index contributed by atoms with van der Waals surface area (Å²) < 4.78 is 0. The summed E-state index contributed by atoms with van der Waals surface area (Å²) >= 11 is 1.65. The predicted octanol–water partition coefficient (Wildman–Crippen LogP) is 2.24. The summed E-state index contributed by atoms with van der Waals surface area (Å²) in [5.41, 5.74) is 8.10. The van der Waals surface area contributed by atoms with Crippen LogP contribution in [0.5, 0.6) is 0 Å². The number of thiazole rings is 1. The van der Waals surface area contributed by atoms with E-state index in [1.807, 2.05) is 42.8 Å². The van der Waals surface area contributed by atoms with Crippen LogP contribution in [0.4, 0.5) is 5.13 Å². The fourth-order valence-electron chi connectivity index (χ4n) is 2.76. The van der Waals surface area contributed by atoms with E-state index < -0.39 is 6.10 Å². The number of aliphatic hydroxyl groups excluding tert-OH is 1. The molecule has 3 rings (SSSR count). The lowest BCUT2D eigenvalue weighted by molar-refractivity contribution is 0.186. The Labute approximate surface area is 169 Å². The van der Waals surface area contributed by atoms with Gasteiger partial charge in [-0.15, -0.1) is 35.3 Å². The van der Waals surface area contributed by atoms with Crippen LogP contribution < -0.4 is 10.6 Å². The van der Waals surface area contributed by atoms with E-state index in [0.717, 1.165) is 42.4 Å². The highest BCUT2D eigenvalue weighted by Crippen LogP contribution is 2.19. The van der Waals surface area contributed by atoms with E-state index in [1.165, 1.54) is 0 Å². The fourth-order valence-corrected chi connectivity index (χ4v) is 3.46. The maximum absolute atomic E-state index is 10.3. The molecule has 136 valence electrons. The van der Waals surface area contributed by atoms with Crippen LogP contribution in [0, 0.1) is 6.92 Å². The average molecular weight is 473 g/mol. The summed E-state index contributed by atoms with van der Waals surface area (Å²) in [7, 11) is 0. The van der Waals surface area contributed by atoms with Crippen molar-refractivity contribution < 1.29 is 5.11 Å². The lowest BCUT2D eigenvalue weighted by atomic mass is 10.1. The van der Waals surface area contributed by atoms with Gasteiger partial charge in [-0.1, -0.05) is 29.8 Å². The number of nitrogens with two attached hydrogens (primary N) is 1. The monoisotopic (exact) mass is 473 g/mol. The Balaban J connectivity index is 0.00000225. The third kappa shape index (κ3) is 5.29. The van der Waals surface area contributed by atoms with Crippen molar-refractivity contribution in [1.29, 1.82) is 0 Å². The molecule has 1 fully saturated rings. The molecule has 0 spiro atoms. The van der Waals surface area contributed by atoms with E-state index in [4.69, 9.17) is 5.73 Å². The van der Waals surface area contributed by atoms with E-state index in [1.54, 1.807) is 11.3 Å². The van der Waals surface area contributed by atoms with Crippen molar-refractivity contribution in [2.75, 3.05) is 37.6 Å². The highest BCUT2D eigenvalue weighted by atomic mass is 127. The Kier molecular flexibility index (Phi) is 7.45. The second-order valence-corrected chi connectivity index (χ2v) is 6.79. The van der Waals surface area contributed by atoms with Gasteiger partial charge in [0.15, 0.2) is 11.1 Å². The third-order valence-corrected chi connectivity index (χ3v) is 4.98. The number of aryl methyl sites for hydroxylation is 1. The molecule has 0 bridgehead atoms. The number of anilines is 1. The number of rotatable bonds is 4. The minimum Gasteiger partial charge on any atom is -0.386 e. The first-order valence-corrected chi connectivity index (χ1v) is 8.95. The first-order chi connectivity index (χ1) is 11.6. The summed E-state index contributed by atoms with van der Waals surface area (Å²) in [6, 6.07) is 7.84. The zero-order valence-electron chi connectivity index (χ0n) is 14.2. The number of piperazine rings is 1. The summed E-state index contributed by atoms with van der Waals surface area (Å²) in [4.78, 5) is 13.0. The molecule has 0 amide bonds. The van der Waals surface area contributed by atoms with Crippen molar-refractivity contribution in [3.63, 3.8) is 0 Å². The van der Waals surface area contributed by atoms with Crippen LogP contribution in [0.3, 0.4) is 0 Å². The first kappa shape index (κ1) is 19.9. The molecule has 25 heavy (non-hydrogen) atoms. The number of hydrogen-bond acceptors (Lipinski definition) is 5. The van der Waals surface area contributed by atoms with Gasteiger partial charge in [-0.25, -0.2) is 4.98 Å². The normalized spacial score (nSPS) is 16.5. The number of aromatic nitrogens is 1. The van der Waals surface area contributed by atoms with Gasteiger partial charge in [-0.3, -0.25) is 4.99 Å². The van der Waals surface area contributed by atoms with Crippen molar-refractivity contribution in [3.8, 4) is 0 Å². The number of hydrogen-bond donors (Lipinski definition) is 2. The smallest absolute Gasteiger partial charge is 0.191 e. The van der Waals surface area contributed by atoms with Crippen molar-refractivity contribution in [2.45, 2.75) is 13.0 Å². The lowest BCUT2D eigenvalue weighted by Gasteiger charge is -2.35. The van der Waals surface area contributed by atoms with Crippen LogP contribution in [0.2, 0.25) is 0 Å². The summed E-state index contributed by atoms with van der Waals surface area (Å²) in [5, 5.41) is 13.3. The van der Waals surface area contributed by atoms with Gasteiger partial charge >= 0.3 is 0 Å². The van der Waals surface area contributed by atoms with E-state index in [2.05, 4.69) is 19.8 Å². The SMILES string of the molecule is Cc1cccc(C(O)CN=C(N)N2CCN(c3nccs3)CC2)c1.I. The maximum Gasteiger partial charge on any atom is 0.191 e. The average Bonchev–Trinajstić information content (AvgIpc) is 3.14. The Morgan fingerprint density at radius 2 is 2.12 bits per heavy atom. The molecule has 2 heterocycles. The predicted molar refractivity (Wildman–Crippen MR) is 114 cm³/mol. The zero-order chi connectivity index (χ0) is 16.9. The van der Waals surface area contributed by atoms with Crippen LogP contribution in [0.15, 0.2) is 40.8 Å². The van der Waals surface area contributed by atoms with Crippen LogP contribution in [0.25, 0.3) is 0 Å². The molecule has 0 radical (unpaired) electrons. The first-order valence-electron chi connectivity index (χ1n) is 8.07. The van der Waals surface area contributed by atoms with Crippen molar-refractivity contribution in [3.05, 3.63) is 47.0 Å². The molecule has 6 nitrogen and oxygen atoms in total. The molecule has 8 heteroatoms. The van der Waals surface area contributed by atoms with E-state index in [9.17, 15) is 5.11 Å². The zero-order valence-corrected chi connectivity index (χ0v) is 17.4. The molecule has 0 saturated carbocycles. The van der Waals surface area contributed by atoms with Gasteiger partial charge in [0, 0.05) is 37.8 Å². The van der Waals surface area contributed by atoms with Crippen molar-refractivity contribution >= 4 is 46.4 Å². The van der Waals surface area contributed by atoms with Gasteiger partial charge < -0.3 is 20.6 Å². The number of benzene rings is 1. The van der Waals surface area contributed by atoms with Gasteiger partial charge in [-0.05, 0) is 12.5 Å². The topological polar surface area (TPSA) is 78.0 Å². The number of aliphatic imine (C=N–C) groups is 1. The highest BCUT2D eigenvalue weighted by Gasteiger charge is 2.20. The molecule has 1 saturated heterocycles. The van der Waals surface area contributed by atoms with Gasteiger partial charge in [-0.2, -0.15) is 0 Å². The van der Waals surface area contributed by atoms with Crippen LogP contribution in [0.1, 0.15) is 17.2 Å². The fraction of sp³-hybridized carbons (Fsp3) is 0.412. The molecule has 1 aromatic carbocycles. The highest BCUT2D eigenvalue weighted by molar-refractivity contribution is 14.0. The molecule has 1 aliphatic rings. The molecule has 3 N–H and O–H groups in total. The largest absolute Gasteiger partial charge is 0.386 e. The molecule has 1 atom stereocenters. The van der Waals surface area contributed by atoms with Crippen molar-refractivity contribution in [2.24, 2.45) is 10.7 Å². The maximum atomic E-state index is 10.3. The van der Waals surface area contributed by atoms with E-state index in [-0.39, 0.29) is 30.5 Å². The summed E-state index contributed by atoms with van der Waals surface area (Å²) in [5.74, 6) is 0.500. The van der Waals surface area contributed by atoms with Gasteiger partial charge in [0.25, 0.3) is 0 Å². The lowest BCUT2D eigenvalue weighted by Crippen LogP contribution is -2.51. The number of halogens is 1. The second kappa shape index (κ2) is 9.35. The van der Waals surface area contributed by atoms with Gasteiger partial charge in [0.05, 0.1) is 12.6 Å². The second-order valence-electron chi connectivity index (χ2n) is 5.92. The Morgan fingerprint density at radius 3 is 2.76 bits per heavy atom. The Morgan fingerprint density at radius 1 is 1.36 bits per heavy atom. The quantitative estimate of drug-likeness (QED) is 0.405. The molecular weight excluding hydrogens is 449 g/mol. The summed E-state index contributed by atoms with van der Waals surface area (Å²) in [6.07, 6.45) is 1.20. The van der Waals surface area contributed by atoms with Crippen LogP contribution in [-0.2, 0) is 0 Å². The van der Waals surface area contributed by atoms with Gasteiger partial charge in [0.1, 0.15) is 0 Å². The van der Waals surface area contributed by atoms with E-state index in [0.29, 0.717) is 5.96 Å². The van der Waals surface area contributed by atoms with Crippen LogP contribution >= 0.6 is 35.3 Å². The Hall–Kier alpha value is -1.39. The molecular formula is C17H24IN5OS. The number of aliphatic hydroxyl groups is 1. The van der Waals surface area contributed by atoms with Gasteiger partial charge in [0.2, 0.25) is 0 Å². The molecule has 1 aromatic heterocycles. The number of nitrogens with zero attached hydrogens (tertiary/aromatic N) is 4. The molecule has 2 aromatic rings. The minimum atomic E-state index is -0.625. The molecule has 1 unspecified atom stereocenters. The Bertz CT molecular complexity index is 686.